The van der Waals surface area contributed by atoms with Crippen molar-refractivity contribution in [3.63, 3.8) is 0 Å². The molecule has 0 amide bonds. The third-order valence-electron chi connectivity index (χ3n) is 2.15. The van der Waals surface area contributed by atoms with Crippen molar-refractivity contribution in [2.24, 2.45) is 0 Å². The van der Waals surface area contributed by atoms with Crippen LogP contribution >= 0.6 is 0 Å². The third kappa shape index (κ3) is 4.17. The quantitative estimate of drug-likeness (QED) is 0.410. The van der Waals surface area contributed by atoms with Gasteiger partial charge >= 0.3 is 26.2 Å². The third-order valence-corrected chi connectivity index (χ3v) is 2.15. The van der Waals surface area contributed by atoms with Gasteiger partial charge in [0.05, 0.1) is 0 Å². The molecule has 0 atom stereocenters. The first-order chi connectivity index (χ1) is 4.47. The van der Waals surface area contributed by atoms with Gasteiger partial charge in [-0.1, -0.05) is 25.7 Å². The van der Waals surface area contributed by atoms with Gasteiger partial charge in [-0.15, -0.1) is 0 Å². The van der Waals surface area contributed by atoms with Crippen molar-refractivity contribution in [3.8, 4) is 0 Å². The van der Waals surface area contributed by atoms with E-state index in [2.05, 4.69) is 18.2 Å². The van der Waals surface area contributed by atoms with Gasteiger partial charge in [-0.25, -0.2) is 6.07 Å². The van der Waals surface area contributed by atoms with E-state index in [0.717, 1.165) is 0 Å². The Morgan fingerprint density at radius 1 is 1.00 bits per heavy atom. The SMILES string of the molecule is [F-].[F-].[F-].[Zr+4].c1cc2c([cH-]1)CCCC2. The van der Waals surface area contributed by atoms with Crippen LogP contribution in [0, 0.1) is 0 Å². The van der Waals surface area contributed by atoms with Crippen molar-refractivity contribution in [2.75, 3.05) is 0 Å². The zero-order chi connectivity index (χ0) is 6.10. The van der Waals surface area contributed by atoms with Crippen molar-refractivity contribution in [2.45, 2.75) is 25.7 Å². The molecule has 2 rings (SSSR count). The van der Waals surface area contributed by atoms with E-state index in [0.29, 0.717) is 0 Å². The Labute approximate surface area is 95.3 Å². The molecule has 0 aromatic heterocycles. The number of fused-ring (bicyclic) bond motifs is 1. The molecule has 0 aliphatic heterocycles. The summed E-state index contributed by atoms with van der Waals surface area (Å²) in [7, 11) is 0. The monoisotopic (exact) mass is 266 g/mol. The molecular weight excluding hydrogens is 256 g/mol. The van der Waals surface area contributed by atoms with Gasteiger partial charge in [0.1, 0.15) is 0 Å². The first-order valence-corrected chi connectivity index (χ1v) is 3.70. The number of rotatable bonds is 0. The molecule has 0 heterocycles. The van der Waals surface area contributed by atoms with E-state index < -0.39 is 0 Å². The Hall–Kier alpha value is 0.0231. The molecular formula is C9H11F3Zr. The topological polar surface area (TPSA) is 0 Å². The van der Waals surface area contributed by atoms with E-state index in [9.17, 15) is 0 Å². The van der Waals surface area contributed by atoms with Crippen LogP contribution in [0.5, 0.6) is 0 Å². The summed E-state index contributed by atoms with van der Waals surface area (Å²) in [5.74, 6) is 0. The van der Waals surface area contributed by atoms with Crippen molar-refractivity contribution in [1.82, 2.24) is 0 Å². The maximum atomic E-state index is 2.26. The smallest absolute Gasteiger partial charge is 1.00 e. The van der Waals surface area contributed by atoms with E-state index in [-0.39, 0.29) is 40.3 Å². The van der Waals surface area contributed by atoms with Gasteiger partial charge < -0.3 is 14.1 Å². The zero-order valence-corrected chi connectivity index (χ0v) is 9.65. The van der Waals surface area contributed by atoms with E-state index in [1.807, 2.05) is 0 Å². The fourth-order valence-electron chi connectivity index (χ4n) is 1.61. The van der Waals surface area contributed by atoms with Crippen molar-refractivity contribution >= 4 is 0 Å². The van der Waals surface area contributed by atoms with Crippen molar-refractivity contribution < 1.29 is 40.3 Å². The molecule has 0 spiro atoms. The van der Waals surface area contributed by atoms with Crippen molar-refractivity contribution in [3.05, 3.63) is 29.3 Å². The first-order valence-electron chi connectivity index (χ1n) is 3.70. The average Bonchev–Trinajstić information content (AvgIpc) is 2.33. The van der Waals surface area contributed by atoms with Gasteiger partial charge in [0.15, 0.2) is 0 Å². The average molecular weight is 267 g/mol. The summed E-state index contributed by atoms with van der Waals surface area (Å²) in [6, 6.07) is 6.69. The molecule has 0 N–H and O–H groups in total. The molecule has 0 nitrogen and oxygen atoms in total. The maximum absolute atomic E-state index is 2.26. The molecule has 13 heavy (non-hydrogen) atoms. The Morgan fingerprint density at radius 2 is 1.62 bits per heavy atom. The minimum Gasteiger partial charge on any atom is -1.00 e. The molecule has 0 saturated carbocycles. The second kappa shape index (κ2) is 8.61. The van der Waals surface area contributed by atoms with Crippen molar-refractivity contribution in [1.29, 1.82) is 0 Å². The van der Waals surface area contributed by atoms with E-state index in [1.165, 1.54) is 25.7 Å². The van der Waals surface area contributed by atoms with Crippen LogP contribution in [0.1, 0.15) is 24.0 Å². The fourth-order valence-corrected chi connectivity index (χ4v) is 1.61. The molecule has 0 radical (unpaired) electrons. The van der Waals surface area contributed by atoms with E-state index in [1.54, 1.807) is 11.1 Å². The van der Waals surface area contributed by atoms with E-state index >= 15 is 0 Å². The number of aryl methyl sites for hydroxylation is 2. The second-order valence-electron chi connectivity index (χ2n) is 2.78. The molecule has 1 aliphatic rings. The van der Waals surface area contributed by atoms with Gasteiger partial charge in [0.2, 0.25) is 0 Å². The van der Waals surface area contributed by atoms with Gasteiger partial charge in [0, 0.05) is 0 Å². The summed E-state index contributed by atoms with van der Waals surface area (Å²) in [5, 5.41) is 0. The Balaban J connectivity index is -0.000000250. The molecule has 72 valence electrons. The first kappa shape index (κ1) is 18.7. The van der Waals surface area contributed by atoms with Crippen LogP contribution < -0.4 is 14.1 Å². The van der Waals surface area contributed by atoms with Crippen LogP contribution in [0.2, 0.25) is 0 Å². The van der Waals surface area contributed by atoms with Gasteiger partial charge in [-0.2, -0.15) is 23.3 Å². The van der Waals surface area contributed by atoms with Gasteiger partial charge in [-0.3, -0.25) is 0 Å². The minimum atomic E-state index is 0. The largest absolute Gasteiger partial charge is 4.00 e. The Morgan fingerprint density at radius 3 is 2.23 bits per heavy atom. The Bertz CT molecular complexity index is 190. The van der Waals surface area contributed by atoms with E-state index in [4.69, 9.17) is 0 Å². The summed E-state index contributed by atoms with van der Waals surface area (Å²) in [5.41, 5.74) is 3.20. The summed E-state index contributed by atoms with van der Waals surface area (Å²) < 4.78 is 0. The molecule has 0 bridgehead atoms. The minimum absolute atomic E-state index is 0. The molecule has 1 aliphatic carbocycles. The molecule has 0 saturated heterocycles. The molecule has 4 heteroatoms. The molecule has 0 fully saturated rings. The normalized spacial score (nSPS) is 12.0. The fraction of sp³-hybridized carbons (Fsp3) is 0.444. The predicted molar refractivity (Wildman–Crippen MR) is 38.7 cm³/mol. The van der Waals surface area contributed by atoms with Gasteiger partial charge in [0.25, 0.3) is 0 Å². The summed E-state index contributed by atoms with van der Waals surface area (Å²) >= 11 is 0. The number of halogens is 3. The van der Waals surface area contributed by atoms with Crippen LogP contribution in [0.25, 0.3) is 0 Å². The summed E-state index contributed by atoms with van der Waals surface area (Å²) in [4.78, 5) is 0. The number of hydrogen-bond donors (Lipinski definition) is 0. The maximum Gasteiger partial charge on any atom is 4.00 e. The van der Waals surface area contributed by atoms with Gasteiger partial charge in [-0.05, 0) is 0 Å². The molecule has 1 aromatic rings. The summed E-state index contributed by atoms with van der Waals surface area (Å²) in [6.45, 7) is 0. The summed E-state index contributed by atoms with van der Waals surface area (Å²) in [6.07, 6.45) is 5.44. The molecule has 0 unspecified atom stereocenters. The van der Waals surface area contributed by atoms with Crippen LogP contribution in [0.4, 0.5) is 0 Å². The van der Waals surface area contributed by atoms with Crippen LogP contribution in [-0.4, -0.2) is 0 Å². The Kier molecular flexibility index (Phi) is 12.4. The van der Waals surface area contributed by atoms with Crippen LogP contribution in [0.15, 0.2) is 18.2 Å². The second-order valence-corrected chi connectivity index (χ2v) is 2.78. The predicted octanol–water partition coefficient (Wildman–Crippen LogP) is -6.71. The zero-order valence-electron chi connectivity index (χ0n) is 7.19. The molecule has 1 aromatic carbocycles. The number of hydrogen-bond acceptors (Lipinski definition) is 0. The standard InChI is InChI=1S/C9H11.3FH.Zr/c1-2-5-9-7-3-6-8(9)4-1;;;;/h3,6-7H,1-2,4-5H2;3*1H;/q-1;;;;+4/p-3. The van der Waals surface area contributed by atoms with Crippen LogP contribution in [0.3, 0.4) is 0 Å². The van der Waals surface area contributed by atoms with Crippen LogP contribution in [-0.2, 0) is 39.0 Å².